The van der Waals surface area contributed by atoms with E-state index in [9.17, 15) is 9.59 Å². The first-order valence-electron chi connectivity index (χ1n) is 12.9. The lowest BCUT2D eigenvalue weighted by Crippen LogP contribution is -2.53. The quantitative estimate of drug-likeness (QED) is 0.627. The smallest absolute Gasteiger partial charge is 0.410 e. The van der Waals surface area contributed by atoms with Gasteiger partial charge in [-0.1, -0.05) is 30.3 Å². The lowest BCUT2D eigenvalue weighted by Gasteiger charge is -2.49. The van der Waals surface area contributed by atoms with Gasteiger partial charge in [-0.15, -0.1) is 0 Å². The van der Waals surface area contributed by atoms with Crippen LogP contribution in [0, 0.1) is 5.41 Å². The van der Waals surface area contributed by atoms with Gasteiger partial charge >= 0.3 is 12.2 Å². The highest BCUT2D eigenvalue weighted by molar-refractivity contribution is 5.68. The standard InChI is InChI=1S/C27H41N3O4/c1-26(2,3)34-25(32)30-19-13-27(14-20-30)11-17-28(18-12-27)23-9-15-29(16-10-23)24(31)33-21-22-7-5-4-6-8-22/h4-8,23H,9-21H2,1-3H3. The number of hydrogen-bond acceptors (Lipinski definition) is 5. The summed E-state index contributed by atoms with van der Waals surface area (Å²) in [6, 6.07) is 10.4. The minimum absolute atomic E-state index is 0.172. The van der Waals surface area contributed by atoms with Gasteiger partial charge in [-0.3, -0.25) is 0 Å². The van der Waals surface area contributed by atoms with E-state index in [0.29, 0.717) is 18.1 Å². The Kier molecular flexibility index (Phi) is 7.70. The van der Waals surface area contributed by atoms with Crippen LogP contribution in [0.4, 0.5) is 9.59 Å². The Bertz CT molecular complexity index is 812. The summed E-state index contributed by atoms with van der Waals surface area (Å²) in [5.41, 5.74) is 0.952. The van der Waals surface area contributed by atoms with Gasteiger partial charge in [-0.2, -0.15) is 0 Å². The van der Waals surface area contributed by atoms with E-state index in [2.05, 4.69) is 4.90 Å². The second-order valence-electron chi connectivity index (χ2n) is 11.3. The first-order valence-corrected chi connectivity index (χ1v) is 12.9. The van der Waals surface area contributed by atoms with Crippen molar-refractivity contribution in [3.05, 3.63) is 35.9 Å². The third kappa shape index (κ3) is 6.44. The summed E-state index contributed by atoms with van der Waals surface area (Å²) in [7, 11) is 0. The molecule has 3 fully saturated rings. The van der Waals surface area contributed by atoms with Crippen molar-refractivity contribution in [1.82, 2.24) is 14.7 Å². The highest BCUT2D eigenvalue weighted by Gasteiger charge is 2.41. The van der Waals surface area contributed by atoms with Crippen LogP contribution in [0.1, 0.15) is 64.9 Å². The number of benzene rings is 1. The average Bonchev–Trinajstić information content (AvgIpc) is 2.83. The van der Waals surface area contributed by atoms with Gasteiger partial charge in [0.1, 0.15) is 12.2 Å². The largest absolute Gasteiger partial charge is 0.445 e. The molecule has 0 unspecified atom stereocenters. The number of ether oxygens (including phenoxy) is 2. The predicted octanol–water partition coefficient (Wildman–Crippen LogP) is 4.90. The second kappa shape index (κ2) is 10.5. The predicted molar refractivity (Wildman–Crippen MR) is 132 cm³/mol. The molecular formula is C27H41N3O4. The lowest BCUT2D eigenvalue weighted by atomic mass is 9.71. The molecule has 3 saturated heterocycles. The van der Waals surface area contributed by atoms with E-state index in [4.69, 9.17) is 9.47 Å². The molecule has 34 heavy (non-hydrogen) atoms. The number of carbonyl (C=O) groups is 2. The van der Waals surface area contributed by atoms with Crippen molar-refractivity contribution in [2.75, 3.05) is 39.3 Å². The molecule has 3 aliphatic rings. The molecule has 2 amide bonds. The van der Waals surface area contributed by atoms with Crippen molar-refractivity contribution < 1.29 is 19.1 Å². The molecule has 0 saturated carbocycles. The van der Waals surface area contributed by atoms with Crippen LogP contribution in [-0.4, -0.2) is 77.8 Å². The van der Waals surface area contributed by atoms with Crippen molar-refractivity contribution in [2.45, 2.75) is 77.5 Å². The number of hydrogen-bond donors (Lipinski definition) is 0. The zero-order valence-electron chi connectivity index (χ0n) is 21.1. The van der Waals surface area contributed by atoms with Crippen LogP contribution in [-0.2, 0) is 16.1 Å². The molecule has 188 valence electrons. The fraction of sp³-hybridized carbons (Fsp3) is 0.704. The SMILES string of the molecule is CC(C)(C)OC(=O)N1CCC2(CC1)CCN(C1CCN(C(=O)OCc3ccccc3)CC1)CC2. The van der Waals surface area contributed by atoms with Gasteiger partial charge in [0, 0.05) is 32.2 Å². The fourth-order valence-corrected chi connectivity index (χ4v) is 5.58. The van der Waals surface area contributed by atoms with Crippen molar-refractivity contribution in [2.24, 2.45) is 5.41 Å². The van der Waals surface area contributed by atoms with Crippen LogP contribution in [0.2, 0.25) is 0 Å². The van der Waals surface area contributed by atoms with Gasteiger partial charge in [-0.25, -0.2) is 9.59 Å². The summed E-state index contributed by atoms with van der Waals surface area (Å²) in [5, 5.41) is 0. The van der Waals surface area contributed by atoms with E-state index in [1.807, 2.05) is 60.9 Å². The summed E-state index contributed by atoms with van der Waals surface area (Å²) in [6.45, 7) is 11.5. The Balaban J connectivity index is 1.16. The third-order valence-electron chi connectivity index (χ3n) is 7.78. The van der Waals surface area contributed by atoms with Gasteiger partial charge in [0.25, 0.3) is 0 Å². The first kappa shape index (κ1) is 24.8. The minimum Gasteiger partial charge on any atom is -0.445 e. The van der Waals surface area contributed by atoms with E-state index in [0.717, 1.165) is 70.5 Å². The van der Waals surface area contributed by atoms with E-state index in [1.165, 1.54) is 12.8 Å². The molecule has 0 bridgehead atoms. The fourth-order valence-electron chi connectivity index (χ4n) is 5.58. The average molecular weight is 472 g/mol. The number of nitrogens with zero attached hydrogens (tertiary/aromatic N) is 3. The van der Waals surface area contributed by atoms with Crippen molar-refractivity contribution in [3.8, 4) is 0 Å². The van der Waals surface area contributed by atoms with Crippen molar-refractivity contribution in [3.63, 3.8) is 0 Å². The molecule has 1 aromatic rings. The molecule has 3 heterocycles. The number of rotatable bonds is 3. The monoisotopic (exact) mass is 471 g/mol. The highest BCUT2D eigenvalue weighted by Crippen LogP contribution is 2.42. The zero-order valence-corrected chi connectivity index (χ0v) is 21.1. The van der Waals surface area contributed by atoms with Gasteiger partial charge in [-0.05, 0) is 83.4 Å². The molecular weight excluding hydrogens is 430 g/mol. The van der Waals surface area contributed by atoms with Crippen molar-refractivity contribution in [1.29, 1.82) is 0 Å². The van der Waals surface area contributed by atoms with Crippen LogP contribution in [0.25, 0.3) is 0 Å². The molecule has 7 heteroatoms. The number of likely N-dealkylation sites (tertiary alicyclic amines) is 3. The first-order chi connectivity index (χ1) is 16.2. The molecule has 0 aromatic heterocycles. The van der Waals surface area contributed by atoms with E-state index >= 15 is 0 Å². The van der Waals surface area contributed by atoms with Gasteiger partial charge in [0.15, 0.2) is 0 Å². The minimum atomic E-state index is -0.439. The zero-order chi connectivity index (χ0) is 24.2. The second-order valence-corrected chi connectivity index (χ2v) is 11.3. The maximum Gasteiger partial charge on any atom is 0.410 e. The van der Waals surface area contributed by atoms with E-state index in [1.54, 1.807) is 0 Å². The highest BCUT2D eigenvalue weighted by atomic mass is 16.6. The molecule has 0 radical (unpaired) electrons. The summed E-state index contributed by atoms with van der Waals surface area (Å²) in [6.07, 6.45) is 6.21. The Morgan fingerprint density at radius 2 is 1.41 bits per heavy atom. The van der Waals surface area contributed by atoms with Crippen LogP contribution < -0.4 is 0 Å². The van der Waals surface area contributed by atoms with Gasteiger partial charge in [0.2, 0.25) is 0 Å². The number of amides is 2. The van der Waals surface area contributed by atoms with Crippen LogP contribution >= 0.6 is 0 Å². The van der Waals surface area contributed by atoms with Gasteiger partial charge in [0.05, 0.1) is 0 Å². The number of piperidine rings is 3. The summed E-state index contributed by atoms with van der Waals surface area (Å²) in [5.74, 6) is 0. The molecule has 0 N–H and O–H groups in total. The van der Waals surface area contributed by atoms with Crippen molar-refractivity contribution >= 4 is 12.2 Å². The Hall–Kier alpha value is -2.28. The van der Waals surface area contributed by atoms with E-state index < -0.39 is 5.60 Å². The Morgan fingerprint density at radius 3 is 2.00 bits per heavy atom. The topological polar surface area (TPSA) is 62.3 Å². The summed E-state index contributed by atoms with van der Waals surface area (Å²) in [4.78, 5) is 31.2. The lowest BCUT2D eigenvalue weighted by molar-refractivity contribution is -0.0114. The maximum atomic E-state index is 12.5. The molecule has 1 aromatic carbocycles. The molecule has 0 atom stereocenters. The molecule has 4 rings (SSSR count). The van der Waals surface area contributed by atoms with Gasteiger partial charge < -0.3 is 24.2 Å². The Labute approximate surface area is 204 Å². The number of carbonyl (C=O) groups excluding carboxylic acids is 2. The third-order valence-corrected chi connectivity index (χ3v) is 7.78. The Morgan fingerprint density at radius 1 is 0.853 bits per heavy atom. The summed E-state index contributed by atoms with van der Waals surface area (Å²) < 4.78 is 11.1. The van der Waals surface area contributed by atoms with Crippen LogP contribution in [0.15, 0.2) is 30.3 Å². The van der Waals surface area contributed by atoms with Crippen LogP contribution in [0.3, 0.4) is 0 Å². The molecule has 3 aliphatic heterocycles. The maximum absolute atomic E-state index is 12.5. The van der Waals surface area contributed by atoms with Crippen LogP contribution in [0.5, 0.6) is 0 Å². The molecule has 0 aliphatic carbocycles. The normalized spacial score (nSPS) is 22.0. The van der Waals surface area contributed by atoms with E-state index in [-0.39, 0.29) is 12.2 Å². The molecule has 1 spiro atoms. The molecule has 7 nitrogen and oxygen atoms in total. The summed E-state index contributed by atoms with van der Waals surface area (Å²) >= 11 is 0.